The summed E-state index contributed by atoms with van der Waals surface area (Å²) in [5, 5.41) is 4.07. The standard InChI is InChI=1S/C21H20N2O3S2/c24-20(22-14-4-5-16-17(12-14)26-10-3-9-25-16)19-15-6-11-27-13-18(15)28-21(19)23-7-1-2-8-23/h1-2,4-5,7-8,12H,3,6,9-11,13H2,(H,22,24). The van der Waals surface area contributed by atoms with E-state index in [1.54, 1.807) is 11.3 Å². The number of amides is 1. The topological polar surface area (TPSA) is 52.5 Å². The molecule has 0 saturated carbocycles. The van der Waals surface area contributed by atoms with Crippen LogP contribution in [0, 0.1) is 0 Å². The summed E-state index contributed by atoms with van der Waals surface area (Å²) in [5.74, 6) is 3.38. The molecule has 0 bridgehead atoms. The van der Waals surface area contributed by atoms with E-state index < -0.39 is 0 Å². The average Bonchev–Trinajstić information content (AvgIpc) is 3.30. The van der Waals surface area contributed by atoms with E-state index in [1.807, 2.05) is 59.1 Å². The molecule has 144 valence electrons. The summed E-state index contributed by atoms with van der Waals surface area (Å²) in [7, 11) is 0. The molecular weight excluding hydrogens is 392 g/mol. The third kappa shape index (κ3) is 3.29. The number of hydrogen-bond donors (Lipinski definition) is 1. The third-order valence-electron chi connectivity index (χ3n) is 4.87. The molecule has 0 unspecified atom stereocenters. The van der Waals surface area contributed by atoms with E-state index in [9.17, 15) is 4.79 Å². The number of thiophene rings is 1. The molecule has 0 radical (unpaired) electrons. The lowest BCUT2D eigenvalue weighted by Crippen LogP contribution is -2.16. The predicted octanol–water partition coefficient (Wildman–Crippen LogP) is 4.74. The van der Waals surface area contributed by atoms with Gasteiger partial charge in [-0.25, -0.2) is 0 Å². The summed E-state index contributed by atoms with van der Waals surface area (Å²) in [6.45, 7) is 1.27. The minimum atomic E-state index is -0.0670. The van der Waals surface area contributed by atoms with Crippen LogP contribution in [0.1, 0.15) is 27.2 Å². The van der Waals surface area contributed by atoms with E-state index in [1.165, 1.54) is 10.4 Å². The number of aromatic nitrogens is 1. The number of anilines is 1. The molecule has 7 heteroatoms. The summed E-state index contributed by atoms with van der Waals surface area (Å²) in [5.41, 5.74) is 2.71. The molecule has 0 saturated heterocycles. The van der Waals surface area contributed by atoms with Gasteiger partial charge in [0.15, 0.2) is 11.5 Å². The Hall–Kier alpha value is -2.38. The van der Waals surface area contributed by atoms with Crippen molar-refractivity contribution in [3.05, 3.63) is 58.7 Å². The number of ether oxygens (including phenoxy) is 2. The SMILES string of the molecule is O=C(Nc1ccc2c(c1)OCCCO2)c1c(-n2cccc2)sc2c1CCSC2. The fourth-order valence-corrected chi connectivity index (χ4v) is 5.98. The number of benzene rings is 1. The summed E-state index contributed by atoms with van der Waals surface area (Å²) in [6, 6.07) is 9.55. The first-order chi connectivity index (χ1) is 13.8. The zero-order valence-corrected chi connectivity index (χ0v) is 16.9. The molecule has 3 aromatic rings. The van der Waals surface area contributed by atoms with Crippen molar-refractivity contribution < 1.29 is 14.3 Å². The van der Waals surface area contributed by atoms with Gasteiger partial charge in [-0.3, -0.25) is 4.79 Å². The van der Waals surface area contributed by atoms with Crippen LogP contribution in [0.2, 0.25) is 0 Å². The fraction of sp³-hybridized carbons (Fsp3) is 0.286. The zero-order chi connectivity index (χ0) is 18.9. The average molecular weight is 413 g/mol. The van der Waals surface area contributed by atoms with Gasteiger partial charge in [0.2, 0.25) is 0 Å². The van der Waals surface area contributed by atoms with Gasteiger partial charge in [0.05, 0.1) is 18.8 Å². The van der Waals surface area contributed by atoms with Crippen molar-refractivity contribution in [2.45, 2.75) is 18.6 Å². The lowest BCUT2D eigenvalue weighted by atomic mass is 10.1. The van der Waals surface area contributed by atoms with Gasteiger partial charge in [-0.2, -0.15) is 11.8 Å². The molecule has 0 aliphatic carbocycles. The Morgan fingerprint density at radius 3 is 2.79 bits per heavy atom. The smallest absolute Gasteiger partial charge is 0.258 e. The maximum atomic E-state index is 13.3. The lowest BCUT2D eigenvalue weighted by Gasteiger charge is -2.14. The Morgan fingerprint density at radius 1 is 1.11 bits per heavy atom. The molecule has 5 rings (SSSR count). The van der Waals surface area contributed by atoms with Gasteiger partial charge in [-0.05, 0) is 42.0 Å². The molecule has 1 aromatic carbocycles. The Kier molecular flexibility index (Phi) is 4.78. The number of thioether (sulfide) groups is 1. The highest BCUT2D eigenvalue weighted by Gasteiger charge is 2.26. The van der Waals surface area contributed by atoms with Gasteiger partial charge in [-0.15, -0.1) is 11.3 Å². The molecule has 2 aromatic heterocycles. The summed E-state index contributed by atoms with van der Waals surface area (Å²) < 4.78 is 13.5. The van der Waals surface area contributed by atoms with Crippen LogP contribution in [0.15, 0.2) is 42.7 Å². The first-order valence-electron chi connectivity index (χ1n) is 9.36. The molecule has 1 N–H and O–H groups in total. The Bertz CT molecular complexity index is 1010. The van der Waals surface area contributed by atoms with Gasteiger partial charge in [0, 0.05) is 41.2 Å². The largest absolute Gasteiger partial charge is 0.490 e. The third-order valence-corrected chi connectivity index (χ3v) is 7.29. The van der Waals surface area contributed by atoms with Crippen molar-refractivity contribution in [3.8, 4) is 16.5 Å². The summed E-state index contributed by atoms with van der Waals surface area (Å²) in [4.78, 5) is 14.6. The Morgan fingerprint density at radius 2 is 1.93 bits per heavy atom. The van der Waals surface area contributed by atoms with Crippen LogP contribution in [0.3, 0.4) is 0 Å². The van der Waals surface area contributed by atoms with E-state index in [0.29, 0.717) is 19.0 Å². The van der Waals surface area contributed by atoms with Gasteiger partial charge in [0.25, 0.3) is 5.91 Å². The van der Waals surface area contributed by atoms with Gasteiger partial charge in [0.1, 0.15) is 5.00 Å². The van der Waals surface area contributed by atoms with Crippen molar-refractivity contribution >= 4 is 34.7 Å². The maximum Gasteiger partial charge on any atom is 0.258 e. The zero-order valence-electron chi connectivity index (χ0n) is 15.3. The predicted molar refractivity (Wildman–Crippen MR) is 114 cm³/mol. The molecule has 5 nitrogen and oxygen atoms in total. The highest BCUT2D eigenvalue weighted by molar-refractivity contribution is 7.98. The molecule has 2 aliphatic heterocycles. The monoisotopic (exact) mass is 412 g/mol. The van der Waals surface area contributed by atoms with E-state index in [2.05, 4.69) is 5.32 Å². The molecule has 0 fully saturated rings. The molecular formula is C21H20N2O3S2. The molecule has 4 heterocycles. The van der Waals surface area contributed by atoms with Crippen LogP contribution in [0.25, 0.3) is 5.00 Å². The van der Waals surface area contributed by atoms with Gasteiger partial charge in [-0.1, -0.05) is 0 Å². The van der Waals surface area contributed by atoms with E-state index >= 15 is 0 Å². The van der Waals surface area contributed by atoms with Gasteiger partial charge < -0.3 is 19.4 Å². The first-order valence-corrected chi connectivity index (χ1v) is 11.3. The van der Waals surface area contributed by atoms with Crippen molar-refractivity contribution in [1.82, 2.24) is 4.57 Å². The highest BCUT2D eigenvalue weighted by atomic mass is 32.2. The lowest BCUT2D eigenvalue weighted by molar-refractivity contribution is 0.102. The number of nitrogens with zero attached hydrogens (tertiary/aromatic N) is 1. The van der Waals surface area contributed by atoms with Crippen LogP contribution in [-0.2, 0) is 12.2 Å². The van der Waals surface area contributed by atoms with Crippen molar-refractivity contribution in [3.63, 3.8) is 0 Å². The Balaban J connectivity index is 1.49. The first kappa shape index (κ1) is 17.7. The number of hydrogen-bond acceptors (Lipinski definition) is 5. The van der Waals surface area contributed by atoms with Crippen molar-refractivity contribution in [2.24, 2.45) is 0 Å². The second-order valence-corrected chi connectivity index (χ2v) is 8.93. The van der Waals surface area contributed by atoms with E-state index in [0.717, 1.165) is 46.3 Å². The number of carbonyl (C=O) groups excluding carboxylic acids is 1. The maximum absolute atomic E-state index is 13.3. The van der Waals surface area contributed by atoms with Crippen LogP contribution in [0.5, 0.6) is 11.5 Å². The number of rotatable bonds is 3. The second kappa shape index (κ2) is 7.56. The normalized spacial score (nSPS) is 15.6. The van der Waals surface area contributed by atoms with Crippen LogP contribution in [-0.4, -0.2) is 29.4 Å². The minimum Gasteiger partial charge on any atom is -0.490 e. The van der Waals surface area contributed by atoms with Crippen LogP contribution in [0.4, 0.5) is 5.69 Å². The second-order valence-electron chi connectivity index (χ2n) is 6.74. The number of nitrogens with one attached hydrogen (secondary N) is 1. The molecule has 0 atom stereocenters. The molecule has 1 amide bonds. The Labute approximate surface area is 171 Å². The summed E-state index contributed by atoms with van der Waals surface area (Å²) in [6.07, 6.45) is 5.78. The van der Waals surface area contributed by atoms with Crippen molar-refractivity contribution in [2.75, 3.05) is 24.3 Å². The minimum absolute atomic E-state index is 0.0670. The molecule has 2 aliphatic rings. The number of fused-ring (bicyclic) bond motifs is 2. The quantitative estimate of drug-likeness (QED) is 0.675. The van der Waals surface area contributed by atoms with E-state index in [-0.39, 0.29) is 5.91 Å². The van der Waals surface area contributed by atoms with Crippen LogP contribution < -0.4 is 14.8 Å². The summed E-state index contributed by atoms with van der Waals surface area (Å²) >= 11 is 3.65. The highest BCUT2D eigenvalue weighted by Crippen LogP contribution is 2.39. The van der Waals surface area contributed by atoms with Crippen LogP contribution >= 0.6 is 23.1 Å². The van der Waals surface area contributed by atoms with E-state index in [4.69, 9.17) is 9.47 Å². The fourth-order valence-electron chi connectivity index (χ4n) is 3.54. The number of carbonyl (C=O) groups is 1. The molecule has 0 spiro atoms. The molecule has 28 heavy (non-hydrogen) atoms. The van der Waals surface area contributed by atoms with Gasteiger partial charge >= 0.3 is 0 Å². The van der Waals surface area contributed by atoms with Crippen molar-refractivity contribution in [1.29, 1.82) is 0 Å².